The van der Waals surface area contributed by atoms with Crippen molar-refractivity contribution in [2.24, 2.45) is 5.41 Å². The van der Waals surface area contributed by atoms with Gasteiger partial charge < -0.3 is 9.64 Å². The summed E-state index contributed by atoms with van der Waals surface area (Å²) >= 11 is 0. The lowest BCUT2D eigenvalue weighted by molar-refractivity contribution is -0.0833. The Morgan fingerprint density at radius 2 is 2.00 bits per heavy atom. The highest BCUT2D eigenvalue weighted by Crippen LogP contribution is 2.49. The van der Waals surface area contributed by atoms with Crippen LogP contribution >= 0.6 is 0 Å². The van der Waals surface area contributed by atoms with E-state index in [2.05, 4.69) is 11.5 Å². The minimum atomic E-state index is 0.551. The van der Waals surface area contributed by atoms with Crippen molar-refractivity contribution in [2.45, 2.75) is 31.8 Å². The van der Waals surface area contributed by atoms with E-state index in [4.69, 9.17) is 4.74 Å². The fourth-order valence-corrected chi connectivity index (χ4v) is 2.66. The maximum atomic E-state index is 5.33. The van der Waals surface area contributed by atoms with E-state index in [-0.39, 0.29) is 0 Å². The molecule has 2 fully saturated rings. The highest BCUT2D eigenvalue weighted by Gasteiger charge is 2.45. The van der Waals surface area contributed by atoms with Crippen LogP contribution in [0.1, 0.15) is 25.7 Å². The molecule has 0 aromatic heterocycles. The van der Waals surface area contributed by atoms with E-state index in [0.29, 0.717) is 11.5 Å². The highest BCUT2D eigenvalue weighted by atomic mass is 16.5. The maximum Gasteiger partial charge on any atom is 0.0582 e. The van der Waals surface area contributed by atoms with Crippen LogP contribution in [-0.4, -0.2) is 31.2 Å². The number of hydrogen-bond acceptors (Lipinski definition) is 2. The molecule has 0 radical (unpaired) electrons. The van der Waals surface area contributed by atoms with Crippen LogP contribution < -0.4 is 0 Å². The van der Waals surface area contributed by atoms with Crippen LogP contribution in [0.3, 0.4) is 0 Å². The molecule has 13 heavy (non-hydrogen) atoms. The number of nitrogens with zero attached hydrogens (tertiary/aromatic N) is 1. The second-order valence-electron chi connectivity index (χ2n) is 4.48. The van der Waals surface area contributed by atoms with Gasteiger partial charge in [-0.05, 0) is 37.3 Å². The largest absolute Gasteiger partial charge is 0.381 e. The molecule has 1 aliphatic carbocycles. The molecule has 2 heteroatoms. The molecule has 0 bridgehead atoms. The number of rotatable bonds is 2. The van der Waals surface area contributed by atoms with Crippen molar-refractivity contribution < 1.29 is 4.74 Å². The van der Waals surface area contributed by atoms with E-state index in [9.17, 15) is 0 Å². The standard InChI is InChI=1S/C11H19NO/c1-3-12-6-4-11(5-7-12)8-10(9-11)13-2/h3,10H,1,4-9H2,2H3. The highest BCUT2D eigenvalue weighted by molar-refractivity contribution is 4.98. The summed E-state index contributed by atoms with van der Waals surface area (Å²) < 4.78 is 5.33. The fraction of sp³-hybridized carbons (Fsp3) is 0.818. The number of piperidine rings is 1. The summed E-state index contributed by atoms with van der Waals surface area (Å²) in [6, 6.07) is 0. The van der Waals surface area contributed by atoms with E-state index >= 15 is 0 Å². The minimum Gasteiger partial charge on any atom is -0.381 e. The van der Waals surface area contributed by atoms with Crippen molar-refractivity contribution >= 4 is 0 Å². The molecule has 2 aliphatic rings. The predicted molar refractivity (Wildman–Crippen MR) is 53.5 cm³/mol. The van der Waals surface area contributed by atoms with Gasteiger partial charge in [-0.3, -0.25) is 0 Å². The summed E-state index contributed by atoms with van der Waals surface area (Å²) in [5.41, 5.74) is 0.639. The third-order valence-electron chi connectivity index (χ3n) is 3.77. The molecule has 1 saturated carbocycles. The van der Waals surface area contributed by atoms with Gasteiger partial charge in [0.25, 0.3) is 0 Å². The first kappa shape index (κ1) is 9.07. The van der Waals surface area contributed by atoms with Crippen LogP contribution in [0.2, 0.25) is 0 Å². The van der Waals surface area contributed by atoms with Crippen molar-refractivity contribution in [3.8, 4) is 0 Å². The second kappa shape index (κ2) is 3.33. The van der Waals surface area contributed by atoms with Crippen molar-refractivity contribution in [3.05, 3.63) is 12.8 Å². The quantitative estimate of drug-likeness (QED) is 0.646. The van der Waals surface area contributed by atoms with E-state index in [1.54, 1.807) is 0 Å². The molecule has 1 spiro atoms. The molecule has 0 unspecified atom stereocenters. The zero-order chi connectivity index (χ0) is 9.31. The molecule has 74 valence electrons. The average Bonchev–Trinajstić information content (AvgIpc) is 2.14. The average molecular weight is 181 g/mol. The monoisotopic (exact) mass is 181 g/mol. The lowest BCUT2D eigenvalue weighted by Crippen LogP contribution is -2.48. The lowest BCUT2D eigenvalue weighted by atomic mass is 9.61. The molecule has 0 amide bonds. The third-order valence-corrected chi connectivity index (χ3v) is 3.77. The molecule has 2 rings (SSSR count). The molecule has 1 saturated heterocycles. The number of methoxy groups -OCH3 is 1. The second-order valence-corrected chi connectivity index (χ2v) is 4.48. The van der Waals surface area contributed by atoms with Crippen molar-refractivity contribution in [1.29, 1.82) is 0 Å². The molecule has 0 atom stereocenters. The molecular formula is C11H19NO. The van der Waals surface area contributed by atoms with E-state index < -0.39 is 0 Å². The Kier molecular flexibility index (Phi) is 2.33. The normalized spacial score (nSPS) is 27.3. The molecule has 2 nitrogen and oxygen atoms in total. The molecule has 0 N–H and O–H groups in total. The minimum absolute atomic E-state index is 0.551. The van der Waals surface area contributed by atoms with Gasteiger partial charge in [0.1, 0.15) is 0 Å². The van der Waals surface area contributed by atoms with Gasteiger partial charge in [-0.25, -0.2) is 0 Å². The Bertz CT molecular complexity index is 186. The van der Waals surface area contributed by atoms with Crippen molar-refractivity contribution in [2.75, 3.05) is 20.2 Å². The van der Waals surface area contributed by atoms with Crippen molar-refractivity contribution in [3.63, 3.8) is 0 Å². The molecule has 1 aliphatic heterocycles. The van der Waals surface area contributed by atoms with E-state index in [1.807, 2.05) is 13.3 Å². The first-order chi connectivity index (χ1) is 6.28. The topological polar surface area (TPSA) is 12.5 Å². The SMILES string of the molecule is C=CN1CCC2(CC1)CC(OC)C2. The third kappa shape index (κ3) is 1.60. The van der Waals surface area contributed by atoms with Gasteiger partial charge in [-0.15, -0.1) is 0 Å². The molecular weight excluding hydrogens is 162 g/mol. The Morgan fingerprint density at radius 3 is 2.46 bits per heavy atom. The van der Waals surface area contributed by atoms with Gasteiger partial charge in [0, 0.05) is 20.2 Å². The lowest BCUT2D eigenvalue weighted by Gasteiger charge is -2.51. The summed E-state index contributed by atoms with van der Waals surface area (Å²) in [6.07, 6.45) is 7.76. The Morgan fingerprint density at radius 1 is 1.38 bits per heavy atom. The van der Waals surface area contributed by atoms with Crippen LogP contribution in [0.25, 0.3) is 0 Å². The summed E-state index contributed by atoms with van der Waals surface area (Å²) in [5.74, 6) is 0. The van der Waals surface area contributed by atoms with Crippen LogP contribution in [-0.2, 0) is 4.74 Å². The first-order valence-corrected chi connectivity index (χ1v) is 5.17. The smallest absolute Gasteiger partial charge is 0.0582 e. The van der Waals surface area contributed by atoms with Crippen LogP contribution in [0.15, 0.2) is 12.8 Å². The number of likely N-dealkylation sites (tertiary alicyclic amines) is 1. The molecule has 1 heterocycles. The van der Waals surface area contributed by atoms with Gasteiger partial charge in [-0.1, -0.05) is 6.58 Å². The molecule has 0 aromatic rings. The predicted octanol–water partition coefficient (Wildman–Crippen LogP) is 2.02. The van der Waals surface area contributed by atoms with Crippen molar-refractivity contribution in [1.82, 2.24) is 4.90 Å². The van der Waals surface area contributed by atoms with Gasteiger partial charge >= 0.3 is 0 Å². The zero-order valence-corrected chi connectivity index (χ0v) is 8.46. The van der Waals surface area contributed by atoms with Crippen LogP contribution in [0, 0.1) is 5.41 Å². The summed E-state index contributed by atoms with van der Waals surface area (Å²) in [5, 5.41) is 0. The van der Waals surface area contributed by atoms with E-state index in [1.165, 1.54) is 38.8 Å². The number of ether oxygens (including phenoxy) is 1. The first-order valence-electron chi connectivity index (χ1n) is 5.17. The maximum absolute atomic E-state index is 5.33. The fourth-order valence-electron chi connectivity index (χ4n) is 2.66. The van der Waals surface area contributed by atoms with Gasteiger partial charge in [0.05, 0.1) is 6.10 Å². The van der Waals surface area contributed by atoms with Gasteiger partial charge in [0.2, 0.25) is 0 Å². The Hall–Kier alpha value is -0.500. The Labute approximate surface area is 80.6 Å². The van der Waals surface area contributed by atoms with E-state index in [0.717, 1.165) is 0 Å². The molecule has 0 aromatic carbocycles. The zero-order valence-electron chi connectivity index (χ0n) is 8.46. The number of hydrogen-bond donors (Lipinski definition) is 0. The van der Waals surface area contributed by atoms with Gasteiger partial charge in [0.15, 0.2) is 0 Å². The van der Waals surface area contributed by atoms with Crippen LogP contribution in [0.4, 0.5) is 0 Å². The summed E-state index contributed by atoms with van der Waals surface area (Å²) in [6.45, 7) is 6.20. The summed E-state index contributed by atoms with van der Waals surface area (Å²) in [7, 11) is 1.83. The van der Waals surface area contributed by atoms with Gasteiger partial charge in [-0.2, -0.15) is 0 Å². The Balaban J connectivity index is 1.82. The summed E-state index contributed by atoms with van der Waals surface area (Å²) in [4.78, 5) is 2.32. The van der Waals surface area contributed by atoms with Crippen LogP contribution in [0.5, 0.6) is 0 Å².